The van der Waals surface area contributed by atoms with Crippen molar-refractivity contribution in [3.63, 3.8) is 0 Å². The zero-order chi connectivity index (χ0) is 16.6. The fourth-order valence-electron chi connectivity index (χ4n) is 2.62. The number of halogens is 1. The van der Waals surface area contributed by atoms with Crippen molar-refractivity contribution in [2.45, 2.75) is 36.1 Å². The van der Waals surface area contributed by atoms with Crippen LogP contribution in [-0.4, -0.2) is 14.2 Å². The molecule has 1 N–H and O–H groups in total. The molecule has 6 heteroatoms. The van der Waals surface area contributed by atoms with Gasteiger partial charge in [0, 0.05) is 10.9 Å². The molecular formula is C17H18FNO2S2. The highest BCUT2D eigenvalue weighted by atomic mass is 32.2. The van der Waals surface area contributed by atoms with Gasteiger partial charge in [-0.3, -0.25) is 0 Å². The van der Waals surface area contributed by atoms with E-state index in [4.69, 9.17) is 0 Å². The zero-order valence-electron chi connectivity index (χ0n) is 13.0. The number of hydrogen-bond donors (Lipinski definition) is 1. The van der Waals surface area contributed by atoms with Gasteiger partial charge >= 0.3 is 0 Å². The Balaban J connectivity index is 1.93. The molecule has 0 spiro atoms. The molecule has 0 saturated carbocycles. The molecule has 0 fully saturated rings. The molecule has 0 amide bonds. The van der Waals surface area contributed by atoms with Gasteiger partial charge in [0.15, 0.2) is 0 Å². The van der Waals surface area contributed by atoms with Crippen LogP contribution in [0.15, 0.2) is 46.2 Å². The zero-order valence-corrected chi connectivity index (χ0v) is 14.6. The van der Waals surface area contributed by atoms with Crippen LogP contribution in [0.25, 0.3) is 0 Å². The molecule has 1 aliphatic rings. The maximum absolute atomic E-state index is 13.5. The number of thioether (sulfide) groups is 1. The Labute approximate surface area is 140 Å². The molecule has 0 aromatic heterocycles. The summed E-state index contributed by atoms with van der Waals surface area (Å²) in [4.78, 5) is 1.18. The summed E-state index contributed by atoms with van der Waals surface area (Å²) >= 11 is 1.63. The van der Waals surface area contributed by atoms with Gasteiger partial charge in [-0.15, -0.1) is 11.8 Å². The van der Waals surface area contributed by atoms with Crippen molar-refractivity contribution in [3.05, 3.63) is 58.9 Å². The second-order valence-corrected chi connectivity index (χ2v) is 8.59. The topological polar surface area (TPSA) is 46.2 Å². The Bertz CT molecular complexity index is 850. The van der Waals surface area contributed by atoms with Crippen LogP contribution in [0.5, 0.6) is 0 Å². The van der Waals surface area contributed by atoms with Gasteiger partial charge in [0.1, 0.15) is 5.82 Å². The van der Waals surface area contributed by atoms with E-state index in [1.54, 1.807) is 36.0 Å². The number of aryl methyl sites for hydroxylation is 2. The fourth-order valence-corrected chi connectivity index (χ4v) is 5.06. The predicted molar refractivity (Wildman–Crippen MR) is 90.7 cm³/mol. The fraction of sp³-hybridized carbons (Fsp3) is 0.294. The first kappa shape index (κ1) is 16.5. The van der Waals surface area contributed by atoms with Gasteiger partial charge in [-0.2, -0.15) is 0 Å². The molecule has 2 aromatic carbocycles. The monoisotopic (exact) mass is 351 g/mol. The van der Waals surface area contributed by atoms with Crippen LogP contribution in [-0.2, 0) is 10.0 Å². The van der Waals surface area contributed by atoms with E-state index >= 15 is 0 Å². The highest BCUT2D eigenvalue weighted by Crippen LogP contribution is 2.37. The number of fused-ring (bicyclic) bond motifs is 1. The van der Waals surface area contributed by atoms with Crippen LogP contribution in [0.1, 0.15) is 29.2 Å². The minimum Gasteiger partial charge on any atom is -0.207 e. The molecule has 3 rings (SSSR count). The Hall–Kier alpha value is -1.37. The molecule has 0 saturated heterocycles. The second-order valence-electron chi connectivity index (χ2n) is 5.74. The lowest BCUT2D eigenvalue weighted by Crippen LogP contribution is -2.31. The Kier molecular flexibility index (Phi) is 4.49. The van der Waals surface area contributed by atoms with Gasteiger partial charge < -0.3 is 0 Å². The number of hydrogen-bond acceptors (Lipinski definition) is 3. The molecule has 3 nitrogen and oxygen atoms in total. The van der Waals surface area contributed by atoms with E-state index in [2.05, 4.69) is 4.72 Å². The van der Waals surface area contributed by atoms with Crippen molar-refractivity contribution in [1.29, 1.82) is 0 Å². The summed E-state index contributed by atoms with van der Waals surface area (Å²) < 4.78 is 41.6. The van der Waals surface area contributed by atoms with Crippen LogP contribution in [0.3, 0.4) is 0 Å². The number of rotatable bonds is 3. The highest BCUT2D eigenvalue weighted by Gasteiger charge is 2.26. The third-order valence-corrected chi connectivity index (χ3v) is 6.69. The molecule has 1 unspecified atom stereocenters. The normalized spacial score (nSPS) is 17.8. The largest absolute Gasteiger partial charge is 0.241 e. The van der Waals surface area contributed by atoms with E-state index < -0.39 is 16.1 Å². The first-order valence-corrected chi connectivity index (χ1v) is 9.85. The van der Waals surface area contributed by atoms with Gasteiger partial charge in [-0.1, -0.05) is 6.07 Å². The summed E-state index contributed by atoms with van der Waals surface area (Å²) in [5.74, 6) is 0.459. The van der Waals surface area contributed by atoms with Crippen LogP contribution < -0.4 is 4.72 Å². The lowest BCUT2D eigenvalue weighted by atomic mass is 10.0. The van der Waals surface area contributed by atoms with Gasteiger partial charge in [0.05, 0.1) is 4.90 Å². The summed E-state index contributed by atoms with van der Waals surface area (Å²) in [5, 5.41) is 0. The Morgan fingerprint density at radius 3 is 2.65 bits per heavy atom. The van der Waals surface area contributed by atoms with Crippen molar-refractivity contribution >= 4 is 21.8 Å². The lowest BCUT2D eigenvalue weighted by molar-refractivity contribution is 0.541. The number of benzene rings is 2. The van der Waals surface area contributed by atoms with E-state index in [-0.39, 0.29) is 10.7 Å². The quantitative estimate of drug-likeness (QED) is 0.910. The smallest absolute Gasteiger partial charge is 0.207 e. The number of nitrogens with one attached hydrogen (secondary N) is 1. The third kappa shape index (κ3) is 3.44. The first-order chi connectivity index (χ1) is 10.9. The third-order valence-electron chi connectivity index (χ3n) is 4.10. The summed E-state index contributed by atoms with van der Waals surface area (Å²) in [7, 11) is -3.64. The molecule has 1 aliphatic heterocycles. The van der Waals surface area contributed by atoms with Crippen LogP contribution >= 0.6 is 11.8 Å². The van der Waals surface area contributed by atoms with Crippen molar-refractivity contribution in [2.75, 3.05) is 5.75 Å². The van der Waals surface area contributed by atoms with Crippen LogP contribution in [0.2, 0.25) is 0 Å². The van der Waals surface area contributed by atoms with E-state index in [1.807, 2.05) is 13.8 Å². The maximum Gasteiger partial charge on any atom is 0.241 e. The average molecular weight is 351 g/mol. The van der Waals surface area contributed by atoms with E-state index in [9.17, 15) is 12.8 Å². The molecule has 0 bridgehead atoms. The second kappa shape index (κ2) is 6.26. The highest BCUT2D eigenvalue weighted by molar-refractivity contribution is 7.99. The molecule has 122 valence electrons. The molecule has 2 aromatic rings. The summed E-state index contributed by atoms with van der Waals surface area (Å²) in [6, 6.07) is 9.23. The summed E-state index contributed by atoms with van der Waals surface area (Å²) in [5.41, 5.74) is 2.69. The van der Waals surface area contributed by atoms with E-state index in [1.165, 1.54) is 12.1 Å². The van der Waals surface area contributed by atoms with E-state index in [0.717, 1.165) is 21.8 Å². The van der Waals surface area contributed by atoms with Crippen molar-refractivity contribution in [2.24, 2.45) is 0 Å². The van der Waals surface area contributed by atoms with Gasteiger partial charge in [-0.05, 0) is 73.0 Å². The average Bonchev–Trinajstić information content (AvgIpc) is 2.50. The summed E-state index contributed by atoms with van der Waals surface area (Å²) in [6.07, 6.45) is 0.644. The maximum atomic E-state index is 13.5. The van der Waals surface area contributed by atoms with Crippen molar-refractivity contribution in [1.82, 2.24) is 4.72 Å². The minimum atomic E-state index is -3.64. The van der Waals surface area contributed by atoms with Crippen LogP contribution in [0.4, 0.5) is 4.39 Å². The van der Waals surface area contributed by atoms with E-state index in [0.29, 0.717) is 12.0 Å². The first-order valence-electron chi connectivity index (χ1n) is 7.39. The predicted octanol–water partition coefficient (Wildman–Crippen LogP) is 3.96. The van der Waals surface area contributed by atoms with Gasteiger partial charge in [0.25, 0.3) is 0 Å². The molecule has 1 atom stereocenters. The Morgan fingerprint density at radius 2 is 1.91 bits per heavy atom. The molecular weight excluding hydrogens is 333 g/mol. The van der Waals surface area contributed by atoms with Crippen LogP contribution in [0, 0.1) is 19.7 Å². The van der Waals surface area contributed by atoms with Gasteiger partial charge in [-0.25, -0.2) is 17.5 Å². The van der Waals surface area contributed by atoms with Crippen molar-refractivity contribution in [3.8, 4) is 0 Å². The molecule has 0 aliphatic carbocycles. The lowest BCUT2D eigenvalue weighted by Gasteiger charge is -2.26. The summed E-state index contributed by atoms with van der Waals surface area (Å²) in [6.45, 7) is 3.83. The molecule has 1 heterocycles. The SMILES string of the molecule is Cc1ccc(S(=O)(=O)NC2CCSc3ccc(F)cc32)cc1C. The number of sulfonamides is 1. The molecule has 0 radical (unpaired) electrons. The van der Waals surface area contributed by atoms with Gasteiger partial charge in [0.2, 0.25) is 10.0 Å². The Morgan fingerprint density at radius 1 is 1.13 bits per heavy atom. The minimum absolute atomic E-state index is 0.247. The van der Waals surface area contributed by atoms with Crippen molar-refractivity contribution < 1.29 is 12.8 Å². The molecule has 23 heavy (non-hydrogen) atoms. The standard InChI is InChI=1S/C17H18FNO2S2/c1-11-3-5-14(9-12(11)2)23(20,21)19-16-7-8-22-17-6-4-13(18)10-15(16)17/h3-6,9-10,16,19H,7-8H2,1-2H3.